The maximum Gasteiger partial charge on any atom is 0.175 e. The molecular formula is C14H19BrO3. The second-order valence-corrected chi connectivity index (χ2v) is 5.46. The van der Waals surface area contributed by atoms with Gasteiger partial charge in [-0.1, -0.05) is 0 Å². The van der Waals surface area contributed by atoms with Gasteiger partial charge in [-0.05, 0) is 65.7 Å². The Morgan fingerprint density at radius 2 is 2.06 bits per heavy atom. The Balaban J connectivity index is 2.21. The molecule has 0 atom stereocenters. The third kappa shape index (κ3) is 3.18. The summed E-state index contributed by atoms with van der Waals surface area (Å²) in [5, 5.41) is 8.99. The van der Waals surface area contributed by atoms with E-state index in [0.29, 0.717) is 12.5 Å². The molecule has 1 aliphatic carbocycles. The first-order valence-electron chi connectivity index (χ1n) is 6.38. The van der Waals surface area contributed by atoms with Gasteiger partial charge < -0.3 is 14.6 Å². The Labute approximate surface area is 116 Å². The summed E-state index contributed by atoms with van der Waals surface area (Å²) in [5.74, 6) is 1.52. The maximum absolute atomic E-state index is 8.99. The topological polar surface area (TPSA) is 38.7 Å². The van der Waals surface area contributed by atoms with Crippen molar-refractivity contribution in [3.63, 3.8) is 0 Å². The van der Waals surface area contributed by atoms with E-state index in [1.165, 1.54) is 12.8 Å². The summed E-state index contributed by atoms with van der Waals surface area (Å²) in [6.45, 7) is 0.137. The summed E-state index contributed by atoms with van der Waals surface area (Å²) in [4.78, 5) is 0. The van der Waals surface area contributed by atoms with Crippen molar-refractivity contribution >= 4 is 15.9 Å². The van der Waals surface area contributed by atoms with Crippen LogP contribution in [0.3, 0.4) is 0 Å². The molecule has 0 aromatic heterocycles. The highest BCUT2D eigenvalue weighted by Gasteiger charge is 2.20. The predicted molar refractivity (Wildman–Crippen MR) is 74.4 cm³/mol. The second-order valence-electron chi connectivity index (χ2n) is 4.61. The molecule has 0 heterocycles. The minimum Gasteiger partial charge on any atom is -0.493 e. The van der Waals surface area contributed by atoms with Gasteiger partial charge in [0.1, 0.15) is 0 Å². The van der Waals surface area contributed by atoms with Crippen molar-refractivity contribution in [2.24, 2.45) is 0 Å². The van der Waals surface area contributed by atoms with Crippen LogP contribution in [0.25, 0.3) is 0 Å². The molecule has 1 fully saturated rings. The molecule has 1 aromatic rings. The Hall–Kier alpha value is -0.740. The lowest BCUT2D eigenvalue weighted by molar-refractivity contribution is 0.199. The first-order valence-corrected chi connectivity index (χ1v) is 7.18. The number of rotatable bonds is 5. The van der Waals surface area contributed by atoms with E-state index >= 15 is 0 Å². The molecule has 100 valence electrons. The predicted octanol–water partition coefficient (Wildman–Crippen LogP) is 3.31. The molecule has 2 rings (SSSR count). The monoisotopic (exact) mass is 314 g/mol. The average Bonchev–Trinajstić information content (AvgIpc) is 2.85. The first-order chi connectivity index (χ1) is 8.74. The van der Waals surface area contributed by atoms with Crippen LogP contribution in [0.1, 0.15) is 31.2 Å². The molecule has 0 bridgehead atoms. The van der Waals surface area contributed by atoms with Crippen LogP contribution in [0, 0.1) is 0 Å². The zero-order valence-electron chi connectivity index (χ0n) is 10.6. The van der Waals surface area contributed by atoms with Crippen LogP contribution >= 0.6 is 15.9 Å². The van der Waals surface area contributed by atoms with Crippen LogP contribution in [-0.4, -0.2) is 24.9 Å². The molecule has 1 aliphatic rings. The largest absolute Gasteiger partial charge is 0.493 e. The fourth-order valence-corrected chi connectivity index (χ4v) is 2.92. The average molecular weight is 315 g/mol. The molecule has 0 saturated heterocycles. The molecule has 0 amide bonds. The summed E-state index contributed by atoms with van der Waals surface area (Å²) in [6.07, 6.45) is 5.65. The van der Waals surface area contributed by atoms with Crippen molar-refractivity contribution in [2.45, 2.75) is 38.2 Å². The molecule has 0 unspecified atom stereocenters. The number of hydrogen-bond donors (Lipinski definition) is 1. The van der Waals surface area contributed by atoms with E-state index in [4.69, 9.17) is 14.6 Å². The molecule has 1 saturated carbocycles. The highest BCUT2D eigenvalue weighted by atomic mass is 79.9. The molecular weight excluding hydrogens is 296 g/mol. The highest BCUT2D eigenvalue weighted by Crippen LogP contribution is 2.39. The molecule has 1 aromatic carbocycles. The van der Waals surface area contributed by atoms with Gasteiger partial charge in [0.05, 0.1) is 17.7 Å². The number of halogens is 1. The van der Waals surface area contributed by atoms with E-state index in [-0.39, 0.29) is 6.61 Å². The molecule has 0 radical (unpaired) electrons. The Morgan fingerprint density at radius 1 is 1.33 bits per heavy atom. The minimum atomic E-state index is 0.137. The van der Waals surface area contributed by atoms with E-state index in [2.05, 4.69) is 15.9 Å². The van der Waals surface area contributed by atoms with E-state index in [9.17, 15) is 0 Å². The van der Waals surface area contributed by atoms with Crippen molar-refractivity contribution in [1.82, 2.24) is 0 Å². The maximum atomic E-state index is 8.99. The molecule has 4 heteroatoms. The van der Waals surface area contributed by atoms with Gasteiger partial charge in [0.2, 0.25) is 0 Å². The fourth-order valence-electron chi connectivity index (χ4n) is 2.33. The smallest absolute Gasteiger partial charge is 0.175 e. The number of aliphatic hydroxyl groups is 1. The Bertz CT molecular complexity index is 400. The Kier molecular flexibility index (Phi) is 4.89. The standard InChI is InChI=1S/C14H19BrO3/c1-17-13-9-10(6-7-16)8-12(15)14(13)18-11-4-2-3-5-11/h8-9,11,16H,2-7H2,1H3. The van der Waals surface area contributed by atoms with Crippen LogP contribution in [0.15, 0.2) is 16.6 Å². The zero-order valence-corrected chi connectivity index (χ0v) is 12.2. The summed E-state index contributed by atoms with van der Waals surface area (Å²) in [7, 11) is 1.64. The molecule has 3 nitrogen and oxygen atoms in total. The van der Waals surface area contributed by atoms with Crippen LogP contribution in [-0.2, 0) is 6.42 Å². The van der Waals surface area contributed by atoms with E-state index in [0.717, 1.165) is 34.4 Å². The first kappa shape index (κ1) is 13.7. The number of aliphatic hydroxyl groups excluding tert-OH is 1. The van der Waals surface area contributed by atoms with Gasteiger partial charge in [0.15, 0.2) is 11.5 Å². The summed E-state index contributed by atoms with van der Waals surface area (Å²) >= 11 is 3.53. The lowest BCUT2D eigenvalue weighted by atomic mass is 10.1. The van der Waals surface area contributed by atoms with Gasteiger partial charge in [0.25, 0.3) is 0 Å². The normalized spacial score (nSPS) is 15.9. The zero-order chi connectivity index (χ0) is 13.0. The summed E-state index contributed by atoms with van der Waals surface area (Å²) in [5.41, 5.74) is 1.04. The van der Waals surface area contributed by atoms with Crippen molar-refractivity contribution in [3.05, 3.63) is 22.2 Å². The quantitative estimate of drug-likeness (QED) is 0.906. The van der Waals surface area contributed by atoms with Crippen LogP contribution < -0.4 is 9.47 Å². The highest BCUT2D eigenvalue weighted by molar-refractivity contribution is 9.10. The van der Waals surface area contributed by atoms with Gasteiger partial charge in [0, 0.05) is 6.61 Å². The summed E-state index contributed by atoms with van der Waals surface area (Å²) < 4.78 is 12.3. The van der Waals surface area contributed by atoms with E-state index in [1.54, 1.807) is 7.11 Å². The fraction of sp³-hybridized carbons (Fsp3) is 0.571. The van der Waals surface area contributed by atoms with Crippen molar-refractivity contribution in [1.29, 1.82) is 0 Å². The number of benzene rings is 1. The lowest BCUT2D eigenvalue weighted by Crippen LogP contribution is -2.12. The minimum absolute atomic E-state index is 0.137. The third-order valence-corrected chi connectivity index (χ3v) is 3.87. The molecule has 18 heavy (non-hydrogen) atoms. The van der Waals surface area contributed by atoms with Crippen molar-refractivity contribution in [2.75, 3.05) is 13.7 Å². The van der Waals surface area contributed by atoms with Crippen LogP contribution in [0.2, 0.25) is 0 Å². The van der Waals surface area contributed by atoms with E-state index in [1.807, 2.05) is 12.1 Å². The van der Waals surface area contributed by atoms with Gasteiger partial charge in [-0.15, -0.1) is 0 Å². The van der Waals surface area contributed by atoms with Crippen LogP contribution in [0.5, 0.6) is 11.5 Å². The summed E-state index contributed by atoms with van der Waals surface area (Å²) in [6, 6.07) is 3.92. The van der Waals surface area contributed by atoms with Gasteiger partial charge in [-0.25, -0.2) is 0 Å². The van der Waals surface area contributed by atoms with Gasteiger partial charge >= 0.3 is 0 Å². The molecule has 0 spiro atoms. The number of ether oxygens (including phenoxy) is 2. The van der Waals surface area contributed by atoms with Crippen LogP contribution in [0.4, 0.5) is 0 Å². The lowest BCUT2D eigenvalue weighted by Gasteiger charge is -2.18. The SMILES string of the molecule is COc1cc(CCO)cc(Br)c1OC1CCCC1. The van der Waals surface area contributed by atoms with E-state index < -0.39 is 0 Å². The third-order valence-electron chi connectivity index (χ3n) is 3.28. The Morgan fingerprint density at radius 3 is 2.67 bits per heavy atom. The second kappa shape index (κ2) is 6.43. The number of methoxy groups -OCH3 is 1. The molecule has 1 N–H and O–H groups in total. The van der Waals surface area contributed by atoms with Gasteiger partial charge in [-0.3, -0.25) is 0 Å². The van der Waals surface area contributed by atoms with Crippen molar-refractivity contribution in [3.8, 4) is 11.5 Å². The number of hydrogen-bond acceptors (Lipinski definition) is 3. The van der Waals surface area contributed by atoms with Crippen molar-refractivity contribution < 1.29 is 14.6 Å². The van der Waals surface area contributed by atoms with Gasteiger partial charge in [-0.2, -0.15) is 0 Å². The molecule has 0 aliphatic heterocycles.